The Morgan fingerprint density at radius 1 is 1.19 bits per heavy atom. The van der Waals surface area contributed by atoms with Crippen LogP contribution in [-0.2, 0) is 0 Å². The van der Waals surface area contributed by atoms with Crippen molar-refractivity contribution in [2.24, 2.45) is 0 Å². The number of halogens is 2. The Morgan fingerprint density at radius 2 is 2.00 bits per heavy atom. The molecule has 106 valence electrons. The summed E-state index contributed by atoms with van der Waals surface area (Å²) >= 11 is 6.05. The third kappa shape index (κ3) is 2.50. The Balaban J connectivity index is 2.24. The van der Waals surface area contributed by atoms with Crippen molar-refractivity contribution in [2.45, 2.75) is 6.92 Å². The summed E-state index contributed by atoms with van der Waals surface area (Å²) in [6, 6.07) is 11.6. The van der Waals surface area contributed by atoms with Gasteiger partial charge in [-0.3, -0.25) is 0 Å². The molecule has 0 saturated carbocycles. The van der Waals surface area contributed by atoms with Crippen LogP contribution in [0.15, 0.2) is 47.0 Å². The van der Waals surface area contributed by atoms with Crippen LogP contribution in [0.3, 0.4) is 0 Å². The lowest BCUT2D eigenvalue weighted by Gasteiger charge is -2.06. The number of aromatic nitrogens is 1. The number of rotatable bonds is 2. The Kier molecular flexibility index (Phi) is 3.39. The Labute approximate surface area is 126 Å². The highest BCUT2D eigenvalue weighted by atomic mass is 35.5. The molecule has 0 aliphatic carbocycles. The summed E-state index contributed by atoms with van der Waals surface area (Å²) < 4.78 is 18.6. The number of hydrogen-bond acceptors (Lipinski definition) is 3. The molecule has 1 heterocycles. The van der Waals surface area contributed by atoms with Crippen molar-refractivity contribution >= 4 is 17.5 Å². The number of anilines is 1. The van der Waals surface area contributed by atoms with E-state index in [1.54, 1.807) is 24.3 Å². The van der Waals surface area contributed by atoms with Crippen LogP contribution in [0.5, 0.6) is 0 Å². The van der Waals surface area contributed by atoms with Gasteiger partial charge >= 0.3 is 0 Å². The van der Waals surface area contributed by atoms with Gasteiger partial charge in [-0.2, -0.15) is 0 Å². The van der Waals surface area contributed by atoms with Crippen molar-refractivity contribution in [1.29, 1.82) is 0 Å². The maximum Gasteiger partial charge on any atom is 0.230 e. The van der Waals surface area contributed by atoms with Crippen LogP contribution in [0, 0.1) is 12.7 Å². The number of hydrogen-bond donors (Lipinski definition) is 1. The number of nitrogens with zero attached hydrogens (tertiary/aromatic N) is 1. The van der Waals surface area contributed by atoms with E-state index in [1.165, 1.54) is 12.1 Å². The summed E-state index contributed by atoms with van der Waals surface area (Å²) in [5, 5.41) is 4.60. The van der Waals surface area contributed by atoms with Crippen LogP contribution in [0.1, 0.15) is 5.56 Å². The molecule has 0 aliphatic rings. The maximum atomic E-state index is 13.5. The molecular weight excluding hydrogens is 291 g/mol. The first-order valence-electron chi connectivity index (χ1n) is 6.34. The van der Waals surface area contributed by atoms with Gasteiger partial charge in [0.05, 0.1) is 5.56 Å². The molecule has 3 nitrogen and oxygen atoms in total. The van der Waals surface area contributed by atoms with Gasteiger partial charge in [-0.05, 0) is 42.3 Å². The molecule has 21 heavy (non-hydrogen) atoms. The minimum Gasteiger partial charge on any atom is -0.367 e. The molecule has 0 atom stereocenters. The summed E-state index contributed by atoms with van der Waals surface area (Å²) in [6.45, 7) is 1.94. The second kappa shape index (κ2) is 5.22. The Bertz CT molecular complexity index is 814. The third-order valence-electron chi connectivity index (χ3n) is 3.29. The molecule has 3 aromatic rings. The highest BCUT2D eigenvalue weighted by Gasteiger charge is 2.19. The predicted molar refractivity (Wildman–Crippen MR) is 81.5 cm³/mol. The summed E-state index contributed by atoms with van der Waals surface area (Å²) in [5.41, 5.74) is 9.39. The van der Waals surface area contributed by atoms with Gasteiger partial charge in [-0.1, -0.05) is 35.0 Å². The molecule has 0 amide bonds. The second-order valence-electron chi connectivity index (χ2n) is 4.74. The molecule has 1 aromatic heterocycles. The van der Waals surface area contributed by atoms with E-state index in [9.17, 15) is 4.39 Å². The number of nitrogens with two attached hydrogens (primary N) is 1. The minimum absolute atomic E-state index is 0.148. The molecule has 3 rings (SSSR count). The molecule has 0 spiro atoms. The lowest BCUT2D eigenvalue weighted by molar-refractivity contribution is 0.439. The molecule has 5 heteroatoms. The highest BCUT2D eigenvalue weighted by molar-refractivity contribution is 6.30. The predicted octanol–water partition coefficient (Wildman–Crippen LogP) is 4.69. The zero-order chi connectivity index (χ0) is 15.0. The Morgan fingerprint density at radius 3 is 2.76 bits per heavy atom. The molecule has 0 aliphatic heterocycles. The quantitative estimate of drug-likeness (QED) is 0.747. The minimum atomic E-state index is -0.345. The first-order chi connectivity index (χ1) is 10.1. The van der Waals surface area contributed by atoms with Crippen LogP contribution >= 0.6 is 11.6 Å². The SMILES string of the molecule is Cc1ccc(Cl)cc1-c1noc(N)c1-c1cccc(F)c1. The highest BCUT2D eigenvalue weighted by Crippen LogP contribution is 2.38. The van der Waals surface area contributed by atoms with Gasteiger partial charge in [-0.15, -0.1) is 0 Å². The van der Waals surface area contributed by atoms with Crippen LogP contribution in [0.2, 0.25) is 5.02 Å². The summed E-state index contributed by atoms with van der Waals surface area (Å²) in [4.78, 5) is 0. The molecule has 2 aromatic carbocycles. The van der Waals surface area contributed by atoms with E-state index >= 15 is 0 Å². The van der Waals surface area contributed by atoms with Crippen LogP contribution in [0.25, 0.3) is 22.4 Å². The van der Waals surface area contributed by atoms with E-state index in [1.807, 2.05) is 13.0 Å². The molecule has 0 bridgehead atoms. The fraction of sp³-hybridized carbons (Fsp3) is 0.0625. The Hall–Kier alpha value is -2.33. The smallest absolute Gasteiger partial charge is 0.230 e. The van der Waals surface area contributed by atoms with Gasteiger partial charge in [0.15, 0.2) is 0 Å². The zero-order valence-electron chi connectivity index (χ0n) is 11.2. The van der Waals surface area contributed by atoms with E-state index in [-0.39, 0.29) is 11.7 Å². The fourth-order valence-corrected chi connectivity index (χ4v) is 2.43. The first kappa shape index (κ1) is 13.6. The van der Waals surface area contributed by atoms with E-state index in [0.29, 0.717) is 21.8 Å². The van der Waals surface area contributed by atoms with Gasteiger partial charge in [-0.25, -0.2) is 4.39 Å². The fourth-order valence-electron chi connectivity index (χ4n) is 2.26. The van der Waals surface area contributed by atoms with Crippen LogP contribution in [-0.4, -0.2) is 5.16 Å². The topological polar surface area (TPSA) is 52.0 Å². The summed E-state index contributed by atoms with van der Waals surface area (Å²) in [5.74, 6) is -0.197. The molecular formula is C16H12ClFN2O. The molecule has 0 fully saturated rings. The van der Waals surface area contributed by atoms with Gasteiger partial charge in [0, 0.05) is 10.6 Å². The molecule has 0 radical (unpaired) electrons. The van der Waals surface area contributed by atoms with E-state index in [0.717, 1.165) is 11.1 Å². The largest absolute Gasteiger partial charge is 0.367 e. The van der Waals surface area contributed by atoms with Crippen molar-refractivity contribution in [3.8, 4) is 22.4 Å². The molecule has 0 saturated heterocycles. The standard InChI is InChI=1S/C16H12ClFN2O/c1-9-5-6-11(17)8-13(9)15-14(16(19)21-20-15)10-3-2-4-12(18)7-10/h2-8H,19H2,1H3. The van der Waals surface area contributed by atoms with Gasteiger partial charge in [0.2, 0.25) is 5.88 Å². The van der Waals surface area contributed by atoms with Crippen molar-refractivity contribution in [3.05, 3.63) is 58.9 Å². The van der Waals surface area contributed by atoms with E-state index < -0.39 is 0 Å². The van der Waals surface area contributed by atoms with Gasteiger partial charge in [0.25, 0.3) is 0 Å². The third-order valence-corrected chi connectivity index (χ3v) is 3.52. The average molecular weight is 303 g/mol. The van der Waals surface area contributed by atoms with Crippen LogP contribution < -0.4 is 5.73 Å². The zero-order valence-corrected chi connectivity index (χ0v) is 12.0. The normalized spacial score (nSPS) is 10.8. The lowest BCUT2D eigenvalue weighted by atomic mass is 9.98. The number of nitrogen functional groups attached to an aromatic ring is 1. The monoisotopic (exact) mass is 302 g/mol. The number of benzene rings is 2. The van der Waals surface area contributed by atoms with E-state index in [4.69, 9.17) is 21.9 Å². The molecule has 0 unspecified atom stereocenters. The van der Waals surface area contributed by atoms with Gasteiger partial charge in [0.1, 0.15) is 11.5 Å². The van der Waals surface area contributed by atoms with Crippen molar-refractivity contribution < 1.29 is 8.91 Å². The second-order valence-corrected chi connectivity index (χ2v) is 5.18. The number of aryl methyl sites for hydroxylation is 1. The molecule has 2 N–H and O–H groups in total. The van der Waals surface area contributed by atoms with Crippen LogP contribution in [0.4, 0.5) is 10.3 Å². The average Bonchev–Trinajstić information content (AvgIpc) is 2.83. The van der Waals surface area contributed by atoms with Crippen molar-refractivity contribution in [2.75, 3.05) is 5.73 Å². The van der Waals surface area contributed by atoms with Crippen molar-refractivity contribution in [3.63, 3.8) is 0 Å². The lowest BCUT2D eigenvalue weighted by Crippen LogP contribution is -1.90. The summed E-state index contributed by atoms with van der Waals surface area (Å²) in [7, 11) is 0. The first-order valence-corrected chi connectivity index (χ1v) is 6.71. The summed E-state index contributed by atoms with van der Waals surface area (Å²) in [6.07, 6.45) is 0. The maximum absolute atomic E-state index is 13.5. The van der Waals surface area contributed by atoms with Gasteiger partial charge < -0.3 is 10.3 Å². The van der Waals surface area contributed by atoms with Crippen molar-refractivity contribution in [1.82, 2.24) is 5.16 Å². The van der Waals surface area contributed by atoms with E-state index in [2.05, 4.69) is 5.16 Å².